The van der Waals surface area contributed by atoms with Crippen LogP contribution in [0.15, 0.2) is 77.7 Å². The van der Waals surface area contributed by atoms with Gasteiger partial charge >= 0.3 is 0 Å². The Morgan fingerprint density at radius 3 is 2.06 bits per heavy atom. The van der Waals surface area contributed by atoms with Crippen LogP contribution in [0, 0.1) is 0 Å². The molecule has 5 rings (SSSR count). The summed E-state index contributed by atoms with van der Waals surface area (Å²) in [6.07, 6.45) is 0.294. The van der Waals surface area contributed by atoms with E-state index < -0.39 is 10.0 Å². The molecule has 7 nitrogen and oxygen atoms in total. The first-order valence-electron chi connectivity index (χ1n) is 11.4. The molecule has 0 fully saturated rings. The van der Waals surface area contributed by atoms with E-state index in [1.54, 1.807) is 42.5 Å². The summed E-state index contributed by atoms with van der Waals surface area (Å²) in [7, 11) is 0.0285. The molecule has 1 N–H and O–H groups in total. The van der Waals surface area contributed by atoms with Crippen LogP contribution in [-0.4, -0.2) is 52.3 Å². The SMILES string of the molecule is CN(C)c1cccc2c(S(=O)(=O)NCCCN3C(=O)c4cccc5cccc(c45)C3=O)cccc12. The smallest absolute Gasteiger partial charge is 0.261 e. The number of benzene rings is 4. The van der Waals surface area contributed by atoms with Gasteiger partial charge in [-0.05, 0) is 36.1 Å². The average Bonchev–Trinajstić information content (AvgIpc) is 2.85. The average molecular weight is 488 g/mol. The van der Waals surface area contributed by atoms with Gasteiger partial charge in [0.1, 0.15) is 0 Å². The summed E-state index contributed by atoms with van der Waals surface area (Å²) in [4.78, 5) is 29.4. The molecule has 0 radical (unpaired) electrons. The van der Waals surface area contributed by atoms with Gasteiger partial charge in [0.25, 0.3) is 11.8 Å². The molecule has 8 heteroatoms. The fourth-order valence-electron chi connectivity index (χ4n) is 4.69. The van der Waals surface area contributed by atoms with E-state index in [-0.39, 0.29) is 29.8 Å². The van der Waals surface area contributed by atoms with E-state index in [1.165, 1.54) is 4.90 Å². The van der Waals surface area contributed by atoms with Gasteiger partial charge in [0.05, 0.1) is 4.90 Å². The fraction of sp³-hybridized carbons (Fsp3) is 0.185. The molecule has 35 heavy (non-hydrogen) atoms. The number of amides is 2. The molecule has 1 aliphatic rings. The predicted molar refractivity (Wildman–Crippen MR) is 137 cm³/mol. The van der Waals surface area contributed by atoms with Crippen molar-refractivity contribution in [2.45, 2.75) is 11.3 Å². The van der Waals surface area contributed by atoms with Crippen LogP contribution < -0.4 is 9.62 Å². The second-order valence-corrected chi connectivity index (χ2v) is 10.5. The maximum Gasteiger partial charge on any atom is 0.261 e. The third-order valence-corrected chi connectivity index (χ3v) is 7.86. The minimum atomic E-state index is -3.80. The second-order valence-electron chi connectivity index (χ2n) is 8.75. The number of hydrogen-bond acceptors (Lipinski definition) is 5. The van der Waals surface area contributed by atoms with E-state index in [2.05, 4.69) is 4.72 Å². The Kier molecular flexibility index (Phi) is 5.78. The van der Waals surface area contributed by atoms with Crippen molar-refractivity contribution >= 4 is 49.1 Å². The van der Waals surface area contributed by atoms with Crippen LogP contribution in [0.1, 0.15) is 27.1 Å². The molecule has 0 atom stereocenters. The van der Waals surface area contributed by atoms with Gasteiger partial charge < -0.3 is 4.90 Å². The molecule has 2 amide bonds. The van der Waals surface area contributed by atoms with Gasteiger partial charge in [0.15, 0.2) is 0 Å². The van der Waals surface area contributed by atoms with E-state index in [0.717, 1.165) is 16.5 Å². The summed E-state index contributed by atoms with van der Waals surface area (Å²) >= 11 is 0. The highest BCUT2D eigenvalue weighted by Crippen LogP contribution is 2.31. The Morgan fingerprint density at radius 1 is 0.800 bits per heavy atom. The molecule has 0 bridgehead atoms. The number of nitrogens with zero attached hydrogens (tertiary/aromatic N) is 2. The normalized spacial score (nSPS) is 13.6. The van der Waals surface area contributed by atoms with Crippen LogP contribution in [0.25, 0.3) is 21.5 Å². The highest BCUT2D eigenvalue weighted by atomic mass is 32.2. The molecule has 0 unspecified atom stereocenters. The van der Waals surface area contributed by atoms with Crippen LogP contribution >= 0.6 is 0 Å². The Bertz CT molecular complexity index is 1540. The molecule has 178 valence electrons. The first-order valence-corrected chi connectivity index (χ1v) is 12.8. The van der Waals surface area contributed by atoms with E-state index in [0.29, 0.717) is 28.3 Å². The number of rotatable bonds is 7. The van der Waals surface area contributed by atoms with Gasteiger partial charge in [0.2, 0.25) is 10.0 Å². The summed E-state index contributed by atoms with van der Waals surface area (Å²) in [5, 5.41) is 3.01. The number of hydrogen-bond donors (Lipinski definition) is 1. The summed E-state index contributed by atoms with van der Waals surface area (Å²) in [5.41, 5.74) is 1.91. The largest absolute Gasteiger partial charge is 0.377 e. The van der Waals surface area contributed by atoms with E-state index in [9.17, 15) is 18.0 Å². The van der Waals surface area contributed by atoms with Crippen molar-refractivity contribution in [3.05, 3.63) is 83.9 Å². The monoisotopic (exact) mass is 487 g/mol. The van der Waals surface area contributed by atoms with Crippen molar-refractivity contribution in [2.75, 3.05) is 32.1 Å². The molecule has 0 saturated heterocycles. The maximum absolute atomic E-state index is 13.1. The summed E-state index contributed by atoms with van der Waals surface area (Å²) < 4.78 is 28.9. The van der Waals surface area contributed by atoms with Gasteiger partial charge in [-0.2, -0.15) is 0 Å². The van der Waals surface area contributed by atoms with Crippen LogP contribution in [0.3, 0.4) is 0 Å². The molecule has 0 saturated carbocycles. The van der Waals surface area contributed by atoms with Crippen LogP contribution in [0.5, 0.6) is 0 Å². The van der Waals surface area contributed by atoms with Gasteiger partial charge in [-0.25, -0.2) is 13.1 Å². The van der Waals surface area contributed by atoms with Crippen molar-refractivity contribution in [1.29, 1.82) is 0 Å². The lowest BCUT2D eigenvalue weighted by Gasteiger charge is -2.27. The number of fused-ring (bicyclic) bond motifs is 1. The van der Waals surface area contributed by atoms with Crippen molar-refractivity contribution in [3.8, 4) is 0 Å². The van der Waals surface area contributed by atoms with Gasteiger partial charge in [-0.1, -0.05) is 48.5 Å². The first-order chi connectivity index (χ1) is 16.8. The molecule has 0 aliphatic carbocycles. The molecule has 0 aromatic heterocycles. The Labute approximate surface area is 204 Å². The standard InChI is InChI=1S/C27H25N3O4S/c1-29(2)23-14-5-11-20-19(23)10-6-15-24(20)35(33,34)28-16-7-17-30-26(31)21-12-3-8-18-9-4-13-22(25(18)21)27(30)32/h3-6,8-15,28H,7,16-17H2,1-2H3. The summed E-state index contributed by atoms with van der Waals surface area (Å²) in [6, 6.07) is 21.6. The Morgan fingerprint density at radius 2 is 1.40 bits per heavy atom. The Hall–Kier alpha value is -3.75. The summed E-state index contributed by atoms with van der Waals surface area (Å²) in [6.45, 7) is 0.209. The molecule has 4 aromatic rings. The van der Waals surface area contributed by atoms with E-state index in [1.807, 2.05) is 49.3 Å². The minimum absolute atomic E-state index is 0.0923. The number of carbonyl (C=O) groups excluding carboxylic acids is 2. The zero-order chi connectivity index (χ0) is 24.7. The zero-order valence-electron chi connectivity index (χ0n) is 19.5. The third-order valence-electron chi connectivity index (χ3n) is 6.34. The van der Waals surface area contributed by atoms with Gasteiger partial charge in [0, 0.05) is 60.2 Å². The van der Waals surface area contributed by atoms with Gasteiger partial charge in [-0.3, -0.25) is 14.5 Å². The lowest BCUT2D eigenvalue weighted by Crippen LogP contribution is -2.41. The predicted octanol–water partition coefficient (Wildman–Crippen LogP) is 4.02. The second kappa shape index (κ2) is 8.79. The zero-order valence-corrected chi connectivity index (χ0v) is 20.3. The number of nitrogens with one attached hydrogen (secondary N) is 1. The number of carbonyl (C=O) groups is 2. The molecule has 4 aromatic carbocycles. The topological polar surface area (TPSA) is 86.8 Å². The minimum Gasteiger partial charge on any atom is -0.377 e. The molecule has 1 heterocycles. The van der Waals surface area contributed by atoms with Crippen molar-refractivity contribution in [2.24, 2.45) is 0 Å². The third kappa shape index (κ3) is 3.94. The Balaban J connectivity index is 1.32. The highest BCUT2D eigenvalue weighted by molar-refractivity contribution is 7.89. The van der Waals surface area contributed by atoms with Gasteiger partial charge in [-0.15, -0.1) is 0 Å². The number of sulfonamides is 1. The summed E-state index contributed by atoms with van der Waals surface area (Å²) in [5.74, 6) is -0.708. The van der Waals surface area contributed by atoms with Crippen LogP contribution in [0.2, 0.25) is 0 Å². The number of imide groups is 1. The van der Waals surface area contributed by atoms with Crippen LogP contribution in [0.4, 0.5) is 5.69 Å². The lowest BCUT2D eigenvalue weighted by atomic mass is 9.94. The van der Waals surface area contributed by atoms with Crippen molar-refractivity contribution < 1.29 is 18.0 Å². The lowest BCUT2D eigenvalue weighted by molar-refractivity contribution is 0.0609. The first kappa shape index (κ1) is 23.0. The number of anilines is 1. The quantitative estimate of drug-likeness (QED) is 0.314. The van der Waals surface area contributed by atoms with E-state index >= 15 is 0 Å². The van der Waals surface area contributed by atoms with E-state index in [4.69, 9.17) is 0 Å². The van der Waals surface area contributed by atoms with Crippen LogP contribution in [-0.2, 0) is 10.0 Å². The van der Waals surface area contributed by atoms with Crippen molar-refractivity contribution in [1.82, 2.24) is 9.62 Å². The molecular weight excluding hydrogens is 462 g/mol. The maximum atomic E-state index is 13.1. The van der Waals surface area contributed by atoms with Crippen molar-refractivity contribution in [3.63, 3.8) is 0 Å². The molecular formula is C27H25N3O4S. The highest BCUT2D eigenvalue weighted by Gasteiger charge is 2.32. The fourth-order valence-corrected chi connectivity index (χ4v) is 5.99. The molecule has 1 aliphatic heterocycles. The molecule has 0 spiro atoms.